The zero-order valence-corrected chi connectivity index (χ0v) is 19.8. The lowest BCUT2D eigenvalue weighted by Crippen LogP contribution is -2.50. The van der Waals surface area contributed by atoms with Crippen molar-refractivity contribution in [1.29, 1.82) is 0 Å². The molecule has 0 saturated carbocycles. The number of aryl methyl sites for hydroxylation is 2. The Labute approximate surface area is 180 Å². The van der Waals surface area contributed by atoms with Gasteiger partial charge in [-0.3, -0.25) is 0 Å². The molecule has 1 fully saturated rings. The van der Waals surface area contributed by atoms with Gasteiger partial charge in [-0.05, 0) is 60.2 Å². The molecule has 2 aromatic carbocycles. The lowest BCUT2D eigenvalue weighted by Gasteiger charge is -2.33. The molecule has 0 aromatic heterocycles. The van der Waals surface area contributed by atoms with Gasteiger partial charge in [0.05, 0.1) is 9.79 Å². The molecule has 164 valence electrons. The van der Waals surface area contributed by atoms with Gasteiger partial charge in [0.1, 0.15) is 0 Å². The molecule has 1 aliphatic heterocycles. The van der Waals surface area contributed by atoms with Crippen LogP contribution in [-0.2, 0) is 25.5 Å². The Morgan fingerprint density at radius 3 is 1.53 bits per heavy atom. The molecule has 30 heavy (non-hydrogen) atoms. The van der Waals surface area contributed by atoms with Crippen LogP contribution >= 0.6 is 0 Å². The minimum Gasteiger partial charge on any atom is -0.207 e. The van der Waals surface area contributed by atoms with Crippen molar-refractivity contribution >= 4 is 20.0 Å². The maximum Gasteiger partial charge on any atom is 0.243 e. The minimum atomic E-state index is -3.66. The van der Waals surface area contributed by atoms with E-state index in [1.807, 2.05) is 26.0 Å². The Bertz CT molecular complexity index is 1120. The first kappa shape index (κ1) is 22.9. The first-order valence-electron chi connectivity index (χ1n) is 10.0. The molecule has 0 amide bonds. The van der Waals surface area contributed by atoms with Crippen LogP contribution in [0.25, 0.3) is 0 Å². The fourth-order valence-corrected chi connectivity index (χ4v) is 6.38. The van der Waals surface area contributed by atoms with Crippen LogP contribution in [0.5, 0.6) is 0 Å². The molecule has 0 radical (unpaired) electrons. The SMILES string of the molecule is Cc1ccc(S(=O)(=O)N2CCN(S(=O)(=O)c3ccc(C(C)(C)C)cc3)CC2)cc1C. The van der Waals surface area contributed by atoms with Gasteiger partial charge >= 0.3 is 0 Å². The van der Waals surface area contributed by atoms with E-state index < -0.39 is 20.0 Å². The summed E-state index contributed by atoms with van der Waals surface area (Å²) in [6, 6.07) is 12.0. The molecule has 0 aliphatic carbocycles. The van der Waals surface area contributed by atoms with Crippen molar-refractivity contribution in [3.8, 4) is 0 Å². The molecular weight excluding hydrogens is 420 g/mol. The van der Waals surface area contributed by atoms with Crippen LogP contribution in [0.1, 0.15) is 37.5 Å². The van der Waals surface area contributed by atoms with Crippen molar-refractivity contribution < 1.29 is 16.8 Å². The fourth-order valence-electron chi connectivity index (χ4n) is 3.45. The molecule has 0 atom stereocenters. The topological polar surface area (TPSA) is 74.8 Å². The molecule has 6 nitrogen and oxygen atoms in total. The summed E-state index contributed by atoms with van der Waals surface area (Å²) < 4.78 is 54.7. The number of nitrogens with zero attached hydrogens (tertiary/aromatic N) is 2. The fraction of sp³-hybridized carbons (Fsp3) is 0.455. The Morgan fingerprint density at radius 1 is 0.667 bits per heavy atom. The molecular formula is C22H30N2O4S2. The van der Waals surface area contributed by atoms with Crippen LogP contribution < -0.4 is 0 Å². The number of hydrogen-bond donors (Lipinski definition) is 0. The van der Waals surface area contributed by atoms with Crippen LogP contribution in [0.15, 0.2) is 52.3 Å². The highest BCUT2D eigenvalue weighted by molar-refractivity contribution is 7.89. The average molecular weight is 451 g/mol. The molecule has 0 spiro atoms. The van der Waals surface area contributed by atoms with E-state index in [0.717, 1.165) is 16.7 Å². The van der Waals surface area contributed by atoms with Crippen LogP contribution in [-0.4, -0.2) is 51.6 Å². The zero-order chi connectivity index (χ0) is 22.3. The van der Waals surface area contributed by atoms with Gasteiger partial charge in [-0.1, -0.05) is 39.0 Å². The number of hydrogen-bond acceptors (Lipinski definition) is 4. The van der Waals surface area contributed by atoms with Crippen molar-refractivity contribution in [2.45, 2.75) is 49.8 Å². The van der Waals surface area contributed by atoms with E-state index in [2.05, 4.69) is 20.8 Å². The van der Waals surface area contributed by atoms with Crippen molar-refractivity contribution in [2.75, 3.05) is 26.2 Å². The van der Waals surface area contributed by atoms with Crippen LogP contribution in [0, 0.1) is 13.8 Å². The predicted octanol–water partition coefficient (Wildman–Crippen LogP) is 3.30. The van der Waals surface area contributed by atoms with Gasteiger partial charge in [-0.15, -0.1) is 0 Å². The monoisotopic (exact) mass is 450 g/mol. The number of rotatable bonds is 4. The second-order valence-electron chi connectivity index (χ2n) is 8.83. The molecule has 2 aromatic rings. The molecule has 1 aliphatic rings. The third-order valence-corrected chi connectivity index (χ3v) is 9.48. The van der Waals surface area contributed by atoms with Gasteiger partial charge in [0.2, 0.25) is 20.0 Å². The smallest absolute Gasteiger partial charge is 0.207 e. The Hall–Kier alpha value is -1.74. The quantitative estimate of drug-likeness (QED) is 0.716. The largest absolute Gasteiger partial charge is 0.243 e. The third-order valence-electron chi connectivity index (χ3n) is 5.67. The van der Waals surface area contributed by atoms with Crippen molar-refractivity contribution in [2.24, 2.45) is 0 Å². The Morgan fingerprint density at radius 2 is 1.10 bits per heavy atom. The van der Waals surface area contributed by atoms with Gasteiger partial charge in [-0.25, -0.2) is 16.8 Å². The molecule has 0 unspecified atom stereocenters. The van der Waals surface area contributed by atoms with E-state index in [4.69, 9.17) is 0 Å². The van der Waals surface area contributed by atoms with E-state index >= 15 is 0 Å². The standard InChI is InChI=1S/C22H30N2O4S2/c1-17-6-9-21(16-18(17)2)30(27,28)24-14-12-23(13-15-24)29(25,26)20-10-7-19(8-11-20)22(3,4)5/h6-11,16H,12-15H2,1-5H3. The zero-order valence-electron chi connectivity index (χ0n) is 18.2. The van der Waals surface area contributed by atoms with E-state index in [1.165, 1.54) is 8.61 Å². The summed E-state index contributed by atoms with van der Waals surface area (Å²) in [5, 5.41) is 0. The van der Waals surface area contributed by atoms with Gasteiger partial charge in [0.25, 0.3) is 0 Å². The van der Waals surface area contributed by atoms with E-state index in [9.17, 15) is 16.8 Å². The summed E-state index contributed by atoms with van der Waals surface area (Å²) >= 11 is 0. The van der Waals surface area contributed by atoms with Crippen LogP contribution in [0.4, 0.5) is 0 Å². The summed E-state index contributed by atoms with van der Waals surface area (Å²) in [6.45, 7) is 10.6. The van der Waals surface area contributed by atoms with E-state index in [-0.39, 0.29) is 41.4 Å². The van der Waals surface area contributed by atoms with Gasteiger partial charge in [-0.2, -0.15) is 8.61 Å². The number of sulfonamides is 2. The van der Waals surface area contributed by atoms with Crippen molar-refractivity contribution in [3.63, 3.8) is 0 Å². The van der Waals surface area contributed by atoms with Gasteiger partial charge < -0.3 is 0 Å². The van der Waals surface area contributed by atoms with E-state index in [1.54, 1.807) is 30.3 Å². The summed E-state index contributed by atoms with van der Waals surface area (Å²) in [5.41, 5.74) is 2.94. The molecule has 8 heteroatoms. The predicted molar refractivity (Wildman–Crippen MR) is 119 cm³/mol. The van der Waals surface area contributed by atoms with Gasteiger partial charge in [0.15, 0.2) is 0 Å². The maximum absolute atomic E-state index is 13.0. The first-order chi connectivity index (χ1) is 13.8. The van der Waals surface area contributed by atoms with E-state index in [0.29, 0.717) is 0 Å². The average Bonchev–Trinajstić information content (AvgIpc) is 2.69. The Kier molecular flexibility index (Phi) is 6.17. The molecule has 1 saturated heterocycles. The van der Waals surface area contributed by atoms with Crippen molar-refractivity contribution in [3.05, 3.63) is 59.2 Å². The maximum atomic E-state index is 13.0. The highest BCUT2D eigenvalue weighted by Crippen LogP contribution is 2.26. The lowest BCUT2D eigenvalue weighted by molar-refractivity contribution is 0.273. The van der Waals surface area contributed by atoms with Crippen LogP contribution in [0.2, 0.25) is 0 Å². The molecule has 1 heterocycles. The summed E-state index contributed by atoms with van der Waals surface area (Å²) in [6.07, 6.45) is 0. The molecule has 0 N–H and O–H groups in total. The van der Waals surface area contributed by atoms with Crippen LogP contribution in [0.3, 0.4) is 0 Å². The summed E-state index contributed by atoms with van der Waals surface area (Å²) in [7, 11) is -7.30. The number of piperazine rings is 1. The minimum absolute atomic E-state index is 0.0589. The lowest BCUT2D eigenvalue weighted by atomic mass is 9.87. The third kappa shape index (κ3) is 4.46. The van der Waals surface area contributed by atoms with Crippen molar-refractivity contribution in [1.82, 2.24) is 8.61 Å². The normalized spacial score (nSPS) is 17.2. The van der Waals surface area contributed by atoms with Gasteiger partial charge in [0, 0.05) is 26.2 Å². The highest BCUT2D eigenvalue weighted by Gasteiger charge is 2.34. The summed E-state index contributed by atoms with van der Waals surface area (Å²) in [4.78, 5) is 0.487. The second-order valence-corrected chi connectivity index (χ2v) is 12.7. The molecule has 0 bridgehead atoms. The number of benzene rings is 2. The highest BCUT2D eigenvalue weighted by atomic mass is 32.2. The summed E-state index contributed by atoms with van der Waals surface area (Å²) in [5.74, 6) is 0. The second kappa shape index (κ2) is 8.07. The molecule has 3 rings (SSSR count). The first-order valence-corrected chi connectivity index (χ1v) is 12.9. The Balaban J connectivity index is 1.75.